The highest BCUT2D eigenvalue weighted by molar-refractivity contribution is 14.1. The second kappa shape index (κ2) is 3.64. The van der Waals surface area contributed by atoms with Crippen molar-refractivity contribution < 1.29 is 0 Å². The largest absolute Gasteiger partial charge is 0.326 e. The quantitative estimate of drug-likeness (QED) is 0.800. The van der Waals surface area contributed by atoms with E-state index in [1.54, 1.807) is 0 Å². The molecule has 2 aromatic rings. The Morgan fingerprint density at radius 1 is 1.08 bits per heavy atom. The van der Waals surface area contributed by atoms with Gasteiger partial charge in [-0.05, 0) is 45.0 Å². The van der Waals surface area contributed by atoms with Gasteiger partial charge in [0.15, 0.2) is 0 Å². The van der Waals surface area contributed by atoms with Crippen molar-refractivity contribution in [1.29, 1.82) is 0 Å². The molecule has 2 aromatic carbocycles. The summed E-state index contributed by atoms with van der Waals surface area (Å²) in [4.78, 5) is 0. The second-order valence-electron chi connectivity index (χ2n) is 2.95. The average Bonchev–Trinajstić information content (AvgIpc) is 2.18. The van der Waals surface area contributed by atoms with Gasteiger partial charge in [-0.15, -0.1) is 0 Å². The van der Waals surface area contributed by atoms with Gasteiger partial charge in [0.1, 0.15) is 0 Å². The van der Waals surface area contributed by atoms with Crippen LogP contribution in [0, 0.1) is 3.57 Å². The van der Waals surface area contributed by atoms with Crippen molar-refractivity contribution in [1.82, 2.24) is 0 Å². The van der Waals surface area contributed by atoms with Crippen LogP contribution < -0.4 is 5.73 Å². The summed E-state index contributed by atoms with van der Waals surface area (Å²) in [6.07, 6.45) is 0. The van der Waals surface area contributed by atoms with E-state index in [9.17, 15) is 0 Å². The number of nitrogens with two attached hydrogens (primary N) is 1. The van der Waals surface area contributed by atoms with Crippen LogP contribution in [0.2, 0.25) is 0 Å². The van der Waals surface area contributed by atoms with Crippen LogP contribution in [-0.4, -0.2) is 0 Å². The maximum atomic E-state index is 5.71. The molecule has 0 bridgehead atoms. The highest BCUT2D eigenvalue weighted by Gasteiger charge is 2.02. The minimum absolute atomic E-state index is 0.611. The minimum Gasteiger partial charge on any atom is -0.326 e. The van der Waals surface area contributed by atoms with Crippen LogP contribution in [0.4, 0.5) is 0 Å². The molecule has 0 atom stereocenters. The molecular formula is C11H10IN. The van der Waals surface area contributed by atoms with Crippen LogP contribution in [0.1, 0.15) is 5.56 Å². The number of hydrogen-bond donors (Lipinski definition) is 1. The normalized spacial score (nSPS) is 10.6. The van der Waals surface area contributed by atoms with Crippen molar-refractivity contribution in [3.8, 4) is 0 Å². The molecule has 66 valence electrons. The first-order valence-electron chi connectivity index (χ1n) is 4.19. The molecule has 0 aromatic heterocycles. The fourth-order valence-corrected chi connectivity index (χ4v) is 2.21. The summed E-state index contributed by atoms with van der Waals surface area (Å²) in [5.74, 6) is 0. The first kappa shape index (κ1) is 8.97. The summed E-state index contributed by atoms with van der Waals surface area (Å²) < 4.78 is 1.25. The molecule has 0 aliphatic carbocycles. The van der Waals surface area contributed by atoms with E-state index in [2.05, 4.69) is 59.0 Å². The van der Waals surface area contributed by atoms with Crippen molar-refractivity contribution >= 4 is 33.4 Å². The van der Waals surface area contributed by atoms with Crippen molar-refractivity contribution in [3.63, 3.8) is 0 Å². The van der Waals surface area contributed by atoms with Crippen molar-refractivity contribution in [2.24, 2.45) is 5.73 Å². The summed E-state index contributed by atoms with van der Waals surface area (Å²) >= 11 is 2.33. The maximum absolute atomic E-state index is 5.71. The van der Waals surface area contributed by atoms with Crippen molar-refractivity contribution in [3.05, 3.63) is 45.5 Å². The molecule has 0 radical (unpaired) electrons. The molecule has 0 spiro atoms. The van der Waals surface area contributed by atoms with Crippen LogP contribution in [0.5, 0.6) is 0 Å². The Bertz CT molecular complexity index is 437. The molecule has 1 nitrogen and oxygen atoms in total. The zero-order valence-electron chi connectivity index (χ0n) is 7.13. The number of fused-ring (bicyclic) bond motifs is 1. The highest BCUT2D eigenvalue weighted by atomic mass is 127. The molecule has 0 aliphatic heterocycles. The minimum atomic E-state index is 0.611. The summed E-state index contributed by atoms with van der Waals surface area (Å²) in [6.45, 7) is 0.611. The van der Waals surface area contributed by atoms with E-state index in [0.717, 1.165) is 0 Å². The Morgan fingerprint density at radius 3 is 2.62 bits per heavy atom. The van der Waals surface area contributed by atoms with Crippen LogP contribution in [0.15, 0.2) is 36.4 Å². The smallest absolute Gasteiger partial charge is 0.0194 e. The van der Waals surface area contributed by atoms with Gasteiger partial charge in [-0.25, -0.2) is 0 Å². The summed E-state index contributed by atoms with van der Waals surface area (Å²) in [7, 11) is 0. The van der Waals surface area contributed by atoms with E-state index in [4.69, 9.17) is 5.73 Å². The van der Waals surface area contributed by atoms with Gasteiger partial charge in [0.05, 0.1) is 0 Å². The Balaban J connectivity index is 2.84. The van der Waals surface area contributed by atoms with Gasteiger partial charge in [-0.2, -0.15) is 0 Å². The van der Waals surface area contributed by atoms with E-state index >= 15 is 0 Å². The molecule has 0 saturated heterocycles. The Morgan fingerprint density at radius 2 is 1.85 bits per heavy atom. The zero-order chi connectivity index (χ0) is 9.26. The Hall–Kier alpha value is -0.610. The van der Waals surface area contributed by atoms with Crippen molar-refractivity contribution in [2.45, 2.75) is 6.54 Å². The number of hydrogen-bond acceptors (Lipinski definition) is 1. The monoisotopic (exact) mass is 283 g/mol. The van der Waals surface area contributed by atoms with Crippen molar-refractivity contribution in [2.75, 3.05) is 0 Å². The Kier molecular flexibility index (Phi) is 2.51. The SMILES string of the molecule is NCc1c(I)ccc2ccccc12. The number of rotatable bonds is 1. The Labute approximate surface area is 91.1 Å². The lowest BCUT2D eigenvalue weighted by atomic mass is 10.1. The molecule has 0 amide bonds. The molecule has 13 heavy (non-hydrogen) atoms. The fraction of sp³-hybridized carbons (Fsp3) is 0.0909. The number of halogens is 1. The zero-order valence-corrected chi connectivity index (χ0v) is 9.28. The van der Waals surface area contributed by atoms with Gasteiger partial charge >= 0.3 is 0 Å². The van der Waals surface area contributed by atoms with E-state index < -0.39 is 0 Å². The maximum Gasteiger partial charge on any atom is 0.0194 e. The van der Waals surface area contributed by atoms with Gasteiger partial charge in [-0.1, -0.05) is 30.3 Å². The average molecular weight is 283 g/mol. The first-order chi connectivity index (χ1) is 6.33. The molecule has 2 heteroatoms. The van der Waals surface area contributed by atoms with E-state index in [0.29, 0.717) is 6.54 Å². The molecular weight excluding hydrogens is 273 g/mol. The van der Waals surface area contributed by atoms with E-state index in [-0.39, 0.29) is 0 Å². The third-order valence-electron chi connectivity index (χ3n) is 2.19. The molecule has 0 fully saturated rings. The third kappa shape index (κ3) is 1.56. The third-order valence-corrected chi connectivity index (χ3v) is 3.20. The van der Waals surface area contributed by atoms with Gasteiger partial charge < -0.3 is 5.73 Å². The molecule has 2 N–H and O–H groups in total. The van der Waals surface area contributed by atoms with Crippen LogP contribution in [0.25, 0.3) is 10.8 Å². The molecule has 2 rings (SSSR count). The predicted octanol–water partition coefficient (Wildman–Crippen LogP) is 2.90. The molecule has 0 aliphatic rings. The lowest BCUT2D eigenvalue weighted by molar-refractivity contribution is 1.08. The second-order valence-corrected chi connectivity index (χ2v) is 4.11. The van der Waals surface area contributed by atoms with Crippen LogP contribution >= 0.6 is 22.6 Å². The summed E-state index contributed by atoms with van der Waals surface area (Å²) in [6, 6.07) is 12.6. The standard InChI is InChI=1S/C11H10IN/c12-11-6-5-8-3-1-2-4-9(8)10(11)7-13/h1-6H,7,13H2. The number of benzene rings is 2. The van der Waals surface area contributed by atoms with Crippen LogP contribution in [0.3, 0.4) is 0 Å². The lowest BCUT2D eigenvalue weighted by Gasteiger charge is -2.06. The van der Waals surface area contributed by atoms with Gasteiger partial charge in [-0.3, -0.25) is 0 Å². The molecule has 0 heterocycles. The summed E-state index contributed by atoms with van der Waals surface area (Å²) in [5, 5.41) is 2.54. The topological polar surface area (TPSA) is 26.0 Å². The van der Waals surface area contributed by atoms with Gasteiger partial charge in [0.2, 0.25) is 0 Å². The molecule has 0 unspecified atom stereocenters. The lowest BCUT2D eigenvalue weighted by Crippen LogP contribution is -1.99. The van der Waals surface area contributed by atoms with E-state index in [1.807, 2.05) is 0 Å². The fourth-order valence-electron chi connectivity index (χ4n) is 1.52. The predicted molar refractivity (Wildman–Crippen MR) is 64.6 cm³/mol. The van der Waals surface area contributed by atoms with Gasteiger partial charge in [0.25, 0.3) is 0 Å². The van der Waals surface area contributed by atoms with Gasteiger partial charge in [0, 0.05) is 10.1 Å². The highest BCUT2D eigenvalue weighted by Crippen LogP contribution is 2.22. The van der Waals surface area contributed by atoms with Crippen LogP contribution in [-0.2, 0) is 6.54 Å². The summed E-state index contributed by atoms with van der Waals surface area (Å²) in [5.41, 5.74) is 6.96. The van der Waals surface area contributed by atoms with E-state index in [1.165, 1.54) is 19.9 Å². The molecule has 0 saturated carbocycles. The first-order valence-corrected chi connectivity index (χ1v) is 5.27.